The zero-order valence-corrected chi connectivity index (χ0v) is 16.7. The molecule has 0 aliphatic rings. The Morgan fingerprint density at radius 2 is 2.14 bits per heavy atom. The molecule has 0 aliphatic carbocycles. The van der Waals surface area contributed by atoms with Crippen molar-refractivity contribution < 1.29 is 9.47 Å². The van der Waals surface area contributed by atoms with Gasteiger partial charge in [-0.05, 0) is 13.8 Å². The maximum atomic E-state index is 5.38. The molecular formula is C14H27IN4O2S. The molecule has 0 unspecified atom stereocenters. The first-order chi connectivity index (χ1) is 10.3. The molecule has 1 aromatic rings. The number of nitrogens with one attached hydrogen (secondary N) is 2. The summed E-state index contributed by atoms with van der Waals surface area (Å²) in [6.07, 6.45) is 2.82. The molecule has 1 heterocycles. The van der Waals surface area contributed by atoms with Crippen LogP contribution in [0.1, 0.15) is 16.8 Å². The minimum atomic E-state index is 0. The molecule has 0 saturated carbocycles. The molecule has 0 bridgehead atoms. The van der Waals surface area contributed by atoms with Gasteiger partial charge in [0.2, 0.25) is 0 Å². The van der Waals surface area contributed by atoms with Gasteiger partial charge >= 0.3 is 0 Å². The SMILES string of the molecule is CCNC(=NCCOCCOC)NCCc1ncc(C)s1.I. The lowest BCUT2D eigenvalue weighted by atomic mass is 10.4. The Hall–Kier alpha value is -0.450. The Morgan fingerprint density at radius 3 is 2.77 bits per heavy atom. The maximum absolute atomic E-state index is 5.38. The molecule has 2 N–H and O–H groups in total. The van der Waals surface area contributed by atoms with Gasteiger partial charge in [-0.2, -0.15) is 0 Å². The predicted molar refractivity (Wildman–Crippen MR) is 103 cm³/mol. The van der Waals surface area contributed by atoms with Gasteiger partial charge in [-0.3, -0.25) is 4.99 Å². The van der Waals surface area contributed by atoms with E-state index in [4.69, 9.17) is 9.47 Å². The number of aromatic nitrogens is 1. The first-order valence-electron chi connectivity index (χ1n) is 7.26. The molecule has 0 saturated heterocycles. The second-order valence-electron chi connectivity index (χ2n) is 4.41. The zero-order valence-electron chi connectivity index (χ0n) is 13.6. The molecule has 0 atom stereocenters. The molecule has 128 valence electrons. The molecule has 0 aromatic carbocycles. The van der Waals surface area contributed by atoms with Crippen molar-refractivity contribution in [3.05, 3.63) is 16.1 Å². The van der Waals surface area contributed by atoms with E-state index >= 15 is 0 Å². The topological polar surface area (TPSA) is 67.8 Å². The van der Waals surface area contributed by atoms with Gasteiger partial charge in [0.05, 0.1) is 31.4 Å². The van der Waals surface area contributed by atoms with E-state index in [1.807, 2.05) is 6.20 Å². The average molecular weight is 442 g/mol. The van der Waals surface area contributed by atoms with Crippen molar-refractivity contribution in [2.75, 3.05) is 46.6 Å². The highest BCUT2D eigenvalue weighted by molar-refractivity contribution is 14.0. The number of hydrogen-bond donors (Lipinski definition) is 2. The minimum absolute atomic E-state index is 0. The van der Waals surface area contributed by atoms with Crippen LogP contribution in [0.2, 0.25) is 0 Å². The van der Waals surface area contributed by atoms with Crippen LogP contribution in [0.3, 0.4) is 0 Å². The smallest absolute Gasteiger partial charge is 0.191 e. The summed E-state index contributed by atoms with van der Waals surface area (Å²) in [5, 5.41) is 7.68. The van der Waals surface area contributed by atoms with E-state index < -0.39 is 0 Å². The number of ether oxygens (including phenoxy) is 2. The molecule has 0 aliphatic heterocycles. The summed E-state index contributed by atoms with van der Waals surface area (Å²) in [7, 11) is 1.67. The van der Waals surface area contributed by atoms with E-state index in [1.165, 1.54) is 4.88 Å². The zero-order chi connectivity index (χ0) is 15.3. The summed E-state index contributed by atoms with van der Waals surface area (Å²) >= 11 is 1.74. The van der Waals surface area contributed by atoms with E-state index in [1.54, 1.807) is 18.4 Å². The second-order valence-corrected chi connectivity index (χ2v) is 5.73. The quantitative estimate of drug-likeness (QED) is 0.251. The number of hydrogen-bond acceptors (Lipinski definition) is 5. The Bertz CT molecular complexity index is 415. The van der Waals surface area contributed by atoms with Crippen LogP contribution < -0.4 is 10.6 Å². The number of aryl methyl sites for hydroxylation is 1. The second kappa shape index (κ2) is 14.2. The molecule has 0 fully saturated rings. The molecule has 6 nitrogen and oxygen atoms in total. The van der Waals surface area contributed by atoms with Gasteiger partial charge in [0.1, 0.15) is 0 Å². The van der Waals surface area contributed by atoms with Gasteiger partial charge in [0.15, 0.2) is 5.96 Å². The number of halogens is 1. The fourth-order valence-electron chi connectivity index (χ4n) is 1.61. The van der Waals surface area contributed by atoms with Crippen molar-refractivity contribution >= 4 is 41.3 Å². The van der Waals surface area contributed by atoms with Gasteiger partial charge in [-0.25, -0.2) is 4.98 Å². The van der Waals surface area contributed by atoms with Crippen LogP contribution in [0, 0.1) is 6.92 Å². The third-order valence-electron chi connectivity index (χ3n) is 2.58. The van der Waals surface area contributed by atoms with Crippen LogP contribution in [0.25, 0.3) is 0 Å². The van der Waals surface area contributed by atoms with Crippen molar-refractivity contribution in [1.29, 1.82) is 0 Å². The number of guanidine groups is 1. The largest absolute Gasteiger partial charge is 0.382 e. The number of rotatable bonds is 10. The van der Waals surface area contributed by atoms with Gasteiger partial charge in [-0.15, -0.1) is 35.3 Å². The van der Waals surface area contributed by atoms with Gasteiger partial charge < -0.3 is 20.1 Å². The van der Waals surface area contributed by atoms with Gasteiger partial charge in [-0.1, -0.05) is 0 Å². The number of aliphatic imine (C=N–C) groups is 1. The molecule has 1 rings (SSSR count). The summed E-state index contributed by atoms with van der Waals surface area (Å²) in [5.74, 6) is 0.820. The van der Waals surface area contributed by atoms with Crippen LogP contribution in [0.15, 0.2) is 11.2 Å². The normalized spacial score (nSPS) is 11.1. The van der Waals surface area contributed by atoms with E-state index in [-0.39, 0.29) is 24.0 Å². The Kier molecular flexibility index (Phi) is 13.9. The molecule has 22 heavy (non-hydrogen) atoms. The third-order valence-corrected chi connectivity index (χ3v) is 3.55. The van der Waals surface area contributed by atoms with Crippen molar-refractivity contribution in [2.45, 2.75) is 20.3 Å². The molecular weight excluding hydrogens is 415 g/mol. The number of nitrogens with zero attached hydrogens (tertiary/aromatic N) is 2. The lowest BCUT2D eigenvalue weighted by molar-refractivity contribution is 0.0748. The Morgan fingerprint density at radius 1 is 1.32 bits per heavy atom. The highest BCUT2D eigenvalue weighted by Gasteiger charge is 2.00. The molecule has 0 spiro atoms. The van der Waals surface area contributed by atoms with Crippen LogP contribution in [0.5, 0.6) is 0 Å². The van der Waals surface area contributed by atoms with E-state index in [2.05, 4.69) is 34.5 Å². The van der Waals surface area contributed by atoms with Crippen molar-refractivity contribution in [3.8, 4) is 0 Å². The number of thiazole rings is 1. The fraction of sp³-hybridized carbons (Fsp3) is 0.714. The van der Waals surface area contributed by atoms with E-state index in [9.17, 15) is 0 Å². The predicted octanol–water partition coefficient (Wildman–Crippen LogP) is 1.83. The van der Waals surface area contributed by atoms with Crippen LogP contribution in [-0.2, 0) is 15.9 Å². The number of methoxy groups -OCH3 is 1. The molecule has 0 amide bonds. The first-order valence-corrected chi connectivity index (χ1v) is 8.08. The monoisotopic (exact) mass is 442 g/mol. The average Bonchev–Trinajstić information content (AvgIpc) is 2.88. The molecule has 8 heteroatoms. The van der Waals surface area contributed by atoms with Gasteiger partial charge in [0, 0.05) is 37.7 Å². The minimum Gasteiger partial charge on any atom is -0.382 e. The standard InChI is InChI=1S/C14H26N4O2S.HI/c1-4-15-14(17-7-8-20-10-9-19-3)16-6-5-13-18-11-12(2)21-13;/h11H,4-10H2,1-3H3,(H2,15,16,17);1H. The third kappa shape index (κ3) is 10.3. The summed E-state index contributed by atoms with van der Waals surface area (Å²) < 4.78 is 10.3. The lowest BCUT2D eigenvalue weighted by Crippen LogP contribution is -2.38. The summed E-state index contributed by atoms with van der Waals surface area (Å²) in [6, 6.07) is 0. The van der Waals surface area contributed by atoms with E-state index in [0.717, 1.165) is 30.5 Å². The van der Waals surface area contributed by atoms with Crippen LogP contribution in [0.4, 0.5) is 0 Å². The highest BCUT2D eigenvalue weighted by atomic mass is 127. The Labute approximate surface area is 154 Å². The Balaban J connectivity index is 0.00000441. The van der Waals surface area contributed by atoms with Crippen molar-refractivity contribution in [3.63, 3.8) is 0 Å². The van der Waals surface area contributed by atoms with Crippen LogP contribution in [-0.4, -0.2) is 57.5 Å². The first kappa shape index (κ1) is 21.6. The van der Waals surface area contributed by atoms with Crippen molar-refractivity contribution in [1.82, 2.24) is 15.6 Å². The summed E-state index contributed by atoms with van der Waals surface area (Å²) in [5.41, 5.74) is 0. The lowest BCUT2D eigenvalue weighted by Gasteiger charge is -2.10. The molecule has 0 radical (unpaired) electrons. The fourth-order valence-corrected chi connectivity index (χ4v) is 2.40. The van der Waals surface area contributed by atoms with Gasteiger partial charge in [0.25, 0.3) is 0 Å². The maximum Gasteiger partial charge on any atom is 0.191 e. The summed E-state index contributed by atoms with van der Waals surface area (Å²) in [6.45, 7) is 8.26. The summed E-state index contributed by atoms with van der Waals surface area (Å²) in [4.78, 5) is 10.1. The van der Waals surface area contributed by atoms with Crippen LogP contribution >= 0.6 is 35.3 Å². The molecule has 1 aromatic heterocycles. The van der Waals surface area contributed by atoms with E-state index in [0.29, 0.717) is 26.4 Å². The van der Waals surface area contributed by atoms with Crippen molar-refractivity contribution in [2.24, 2.45) is 4.99 Å². The highest BCUT2D eigenvalue weighted by Crippen LogP contribution is 2.10.